The molecular formula is C15H24ClNO3. The number of rotatable bonds is 9. The number of benzene rings is 1. The molecule has 0 radical (unpaired) electrons. The maximum Gasteiger partial charge on any atom is 0.179 e. The summed E-state index contributed by atoms with van der Waals surface area (Å²) in [6, 6.07) is 3.85. The molecule has 4 nitrogen and oxygen atoms in total. The van der Waals surface area contributed by atoms with Crippen molar-refractivity contribution in [2.75, 3.05) is 34.0 Å². The van der Waals surface area contributed by atoms with Gasteiger partial charge < -0.3 is 19.5 Å². The molecule has 114 valence electrons. The molecule has 0 aromatic heterocycles. The van der Waals surface area contributed by atoms with E-state index in [4.69, 9.17) is 25.8 Å². The van der Waals surface area contributed by atoms with E-state index in [0.717, 1.165) is 12.1 Å². The molecule has 0 fully saturated rings. The Labute approximate surface area is 126 Å². The predicted molar refractivity (Wildman–Crippen MR) is 81.9 cm³/mol. The van der Waals surface area contributed by atoms with E-state index >= 15 is 0 Å². The minimum Gasteiger partial charge on any atom is -0.493 e. The molecule has 0 heterocycles. The Kier molecular flexibility index (Phi) is 7.73. The van der Waals surface area contributed by atoms with Crippen molar-refractivity contribution in [3.63, 3.8) is 0 Å². The Morgan fingerprint density at radius 1 is 1.25 bits per heavy atom. The van der Waals surface area contributed by atoms with Gasteiger partial charge in [0.15, 0.2) is 11.5 Å². The zero-order chi connectivity index (χ0) is 15.0. The van der Waals surface area contributed by atoms with E-state index in [1.807, 2.05) is 12.1 Å². The summed E-state index contributed by atoms with van der Waals surface area (Å²) in [5, 5.41) is 3.85. The van der Waals surface area contributed by atoms with Gasteiger partial charge in [0.25, 0.3) is 0 Å². The molecule has 0 aliphatic rings. The largest absolute Gasteiger partial charge is 0.493 e. The number of ether oxygens (including phenoxy) is 3. The lowest BCUT2D eigenvalue weighted by molar-refractivity contribution is 0.199. The monoisotopic (exact) mass is 301 g/mol. The lowest BCUT2D eigenvalue weighted by Gasteiger charge is -2.15. The highest BCUT2D eigenvalue weighted by atomic mass is 35.5. The molecule has 1 aromatic carbocycles. The van der Waals surface area contributed by atoms with E-state index in [9.17, 15) is 0 Å². The van der Waals surface area contributed by atoms with Gasteiger partial charge in [-0.2, -0.15) is 0 Å². The Bertz CT molecular complexity index is 410. The number of nitrogens with one attached hydrogen (secondary N) is 1. The van der Waals surface area contributed by atoms with E-state index in [-0.39, 0.29) is 0 Å². The summed E-state index contributed by atoms with van der Waals surface area (Å²) >= 11 is 6.28. The zero-order valence-electron chi connectivity index (χ0n) is 12.7. The van der Waals surface area contributed by atoms with Gasteiger partial charge in [0.05, 0.1) is 25.3 Å². The summed E-state index contributed by atoms with van der Waals surface area (Å²) in [6.07, 6.45) is 0. The molecule has 20 heavy (non-hydrogen) atoms. The van der Waals surface area contributed by atoms with Gasteiger partial charge in [-0.15, -0.1) is 0 Å². The van der Waals surface area contributed by atoms with Gasteiger partial charge in [0.2, 0.25) is 0 Å². The van der Waals surface area contributed by atoms with Crippen LogP contribution in [-0.2, 0) is 11.3 Å². The molecule has 1 aromatic rings. The molecule has 1 rings (SSSR count). The summed E-state index contributed by atoms with van der Waals surface area (Å²) in [7, 11) is 3.30. The maximum atomic E-state index is 6.28. The molecule has 0 spiro atoms. The second kappa shape index (κ2) is 9.06. The fourth-order valence-corrected chi connectivity index (χ4v) is 1.96. The van der Waals surface area contributed by atoms with Crippen LogP contribution in [0.1, 0.15) is 19.4 Å². The molecular weight excluding hydrogens is 278 g/mol. The smallest absolute Gasteiger partial charge is 0.179 e. The van der Waals surface area contributed by atoms with Crippen molar-refractivity contribution < 1.29 is 14.2 Å². The predicted octanol–water partition coefficient (Wildman–Crippen LogP) is 3.12. The number of hydrogen-bond acceptors (Lipinski definition) is 4. The maximum absolute atomic E-state index is 6.28. The van der Waals surface area contributed by atoms with E-state index < -0.39 is 0 Å². The molecule has 0 saturated carbocycles. The second-order valence-electron chi connectivity index (χ2n) is 4.98. The van der Waals surface area contributed by atoms with Crippen molar-refractivity contribution in [1.29, 1.82) is 0 Å². The van der Waals surface area contributed by atoms with Crippen LogP contribution in [0.3, 0.4) is 0 Å². The van der Waals surface area contributed by atoms with Gasteiger partial charge in [-0.1, -0.05) is 25.4 Å². The van der Waals surface area contributed by atoms with Crippen molar-refractivity contribution in [2.24, 2.45) is 5.92 Å². The van der Waals surface area contributed by atoms with E-state index in [2.05, 4.69) is 19.2 Å². The standard InChI is InChI=1S/C15H24ClNO3/c1-11(2)10-20-15-13(16)7-12(8-14(15)19-4)9-17-5-6-18-3/h7-8,11,17H,5-6,9-10H2,1-4H3. The van der Waals surface area contributed by atoms with Crippen LogP contribution < -0.4 is 14.8 Å². The minimum absolute atomic E-state index is 0.436. The molecule has 0 bridgehead atoms. The molecule has 0 aliphatic carbocycles. The van der Waals surface area contributed by atoms with Gasteiger partial charge in [-0.25, -0.2) is 0 Å². The Morgan fingerprint density at radius 2 is 2.00 bits per heavy atom. The van der Waals surface area contributed by atoms with Gasteiger partial charge in [0, 0.05) is 20.2 Å². The van der Waals surface area contributed by atoms with E-state index in [1.165, 1.54) is 0 Å². The first-order valence-electron chi connectivity index (χ1n) is 6.77. The highest BCUT2D eigenvalue weighted by Gasteiger charge is 2.12. The van der Waals surface area contributed by atoms with Crippen LogP contribution in [0.4, 0.5) is 0 Å². The highest BCUT2D eigenvalue weighted by molar-refractivity contribution is 6.32. The third kappa shape index (κ3) is 5.57. The molecule has 1 N–H and O–H groups in total. The normalized spacial score (nSPS) is 10.9. The molecule has 5 heteroatoms. The summed E-state index contributed by atoms with van der Waals surface area (Å²) in [6.45, 7) is 6.98. The lowest BCUT2D eigenvalue weighted by Crippen LogP contribution is -2.18. The van der Waals surface area contributed by atoms with Gasteiger partial charge in [-0.05, 0) is 23.6 Å². The fraction of sp³-hybridized carbons (Fsp3) is 0.600. The number of methoxy groups -OCH3 is 2. The summed E-state index contributed by atoms with van der Waals surface area (Å²) in [4.78, 5) is 0. The van der Waals surface area contributed by atoms with Gasteiger partial charge in [-0.3, -0.25) is 0 Å². The van der Waals surface area contributed by atoms with Crippen molar-refractivity contribution in [3.8, 4) is 11.5 Å². The SMILES string of the molecule is COCCNCc1cc(Cl)c(OCC(C)C)c(OC)c1. The first-order valence-corrected chi connectivity index (χ1v) is 7.15. The third-order valence-electron chi connectivity index (χ3n) is 2.66. The molecule has 0 amide bonds. The van der Waals surface area contributed by atoms with E-state index in [0.29, 0.717) is 42.2 Å². The summed E-state index contributed by atoms with van der Waals surface area (Å²) < 4.78 is 16.1. The van der Waals surface area contributed by atoms with Crippen molar-refractivity contribution in [2.45, 2.75) is 20.4 Å². The Balaban J connectivity index is 2.73. The summed E-state index contributed by atoms with van der Waals surface area (Å²) in [5.74, 6) is 1.72. The zero-order valence-corrected chi connectivity index (χ0v) is 13.4. The van der Waals surface area contributed by atoms with Crippen molar-refractivity contribution in [3.05, 3.63) is 22.7 Å². The van der Waals surface area contributed by atoms with Gasteiger partial charge in [0.1, 0.15) is 0 Å². The van der Waals surface area contributed by atoms with E-state index in [1.54, 1.807) is 14.2 Å². The van der Waals surface area contributed by atoms with Crippen LogP contribution in [-0.4, -0.2) is 34.0 Å². The molecule has 0 saturated heterocycles. The average Bonchev–Trinajstić information content (AvgIpc) is 2.41. The molecule has 0 aliphatic heterocycles. The van der Waals surface area contributed by atoms with Crippen LogP contribution in [0.5, 0.6) is 11.5 Å². The molecule has 0 atom stereocenters. The van der Waals surface area contributed by atoms with Crippen LogP contribution in [0, 0.1) is 5.92 Å². The number of halogens is 1. The lowest BCUT2D eigenvalue weighted by atomic mass is 10.2. The second-order valence-corrected chi connectivity index (χ2v) is 5.39. The fourth-order valence-electron chi connectivity index (χ4n) is 1.67. The quantitative estimate of drug-likeness (QED) is 0.711. The van der Waals surface area contributed by atoms with Crippen molar-refractivity contribution in [1.82, 2.24) is 5.32 Å². The molecule has 0 unspecified atom stereocenters. The third-order valence-corrected chi connectivity index (χ3v) is 2.94. The average molecular weight is 302 g/mol. The Hall–Kier alpha value is -0.970. The van der Waals surface area contributed by atoms with Crippen molar-refractivity contribution >= 4 is 11.6 Å². The van der Waals surface area contributed by atoms with Crippen LogP contribution in [0.25, 0.3) is 0 Å². The van der Waals surface area contributed by atoms with Crippen LogP contribution in [0.2, 0.25) is 5.02 Å². The summed E-state index contributed by atoms with van der Waals surface area (Å²) in [5.41, 5.74) is 1.06. The van der Waals surface area contributed by atoms with Crippen LogP contribution in [0.15, 0.2) is 12.1 Å². The highest BCUT2D eigenvalue weighted by Crippen LogP contribution is 2.36. The first kappa shape index (κ1) is 17.1. The van der Waals surface area contributed by atoms with Gasteiger partial charge >= 0.3 is 0 Å². The first-order chi connectivity index (χ1) is 9.58. The topological polar surface area (TPSA) is 39.7 Å². The van der Waals surface area contributed by atoms with Crippen LogP contribution >= 0.6 is 11.6 Å². The number of hydrogen-bond donors (Lipinski definition) is 1. The Morgan fingerprint density at radius 3 is 2.60 bits per heavy atom. The minimum atomic E-state index is 0.436.